The van der Waals surface area contributed by atoms with Gasteiger partial charge in [0.1, 0.15) is 5.75 Å². The van der Waals surface area contributed by atoms with E-state index in [1.165, 1.54) is 0 Å². The highest BCUT2D eigenvalue weighted by Crippen LogP contribution is 2.27. The van der Waals surface area contributed by atoms with E-state index in [9.17, 15) is 4.79 Å². The molecule has 0 aliphatic rings. The quantitative estimate of drug-likeness (QED) is 0.862. The number of benzene rings is 1. The minimum atomic E-state index is -0.827. The highest BCUT2D eigenvalue weighted by Gasteiger charge is 2.08. The van der Waals surface area contributed by atoms with Gasteiger partial charge in [-0.15, -0.1) is 0 Å². The lowest BCUT2D eigenvalue weighted by Gasteiger charge is -2.09. The van der Waals surface area contributed by atoms with E-state index < -0.39 is 5.97 Å². The molecule has 0 fully saturated rings. The maximum Gasteiger partial charge on any atom is 0.303 e. The molecular formula is C11H13ClO3. The van der Waals surface area contributed by atoms with Crippen LogP contribution >= 0.6 is 11.6 Å². The smallest absolute Gasteiger partial charge is 0.303 e. The van der Waals surface area contributed by atoms with Crippen molar-refractivity contribution in [1.82, 2.24) is 0 Å². The predicted molar refractivity (Wildman–Crippen MR) is 58.7 cm³/mol. The van der Waals surface area contributed by atoms with Crippen molar-refractivity contribution in [3.63, 3.8) is 0 Å². The van der Waals surface area contributed by atoms with Gasteiger partial charge in [-0.25, -0.2) is 0 Å². The van der Waals surface area contributed by atoms with Crippen LogP contribution in [0.1, 0.15) is 17.5 Å². The van der Waals surface area contributed by atoms with Gasteiger partial charge in [0.05, 0.1) is 7.11 Å². The van der Waals surface area contributed by atoms with Crippen molar-refractivity contribution in [2.75, 3.05) is 7.11 Å². The van der Waals surface area contributed by atoms with E-state index in [4.69, 9.17) is 21.4 Å². The Bertz CT molecular complexity index is 374. The zero-order valence-electron chi connectivity index (χ0n) is 8.71. The molecule has 0 saturated carbocycles. The fraction of sp³-hybridized carbons (Fsp3) is 0.364. The van der Waals surface area contributed by atoms with E-state index in [0.717, 1.165) is 11.1 Å². The fourth-order valence-electron chi connectivity index (χ4n) is 1.35. The summed E-state index contributed by atoms with van der Waals surface area (Å²) in [5.74, 6) is -0.121. The Labute approximate surface area is 93.6 Å². The summed E-state index contributed by atoms with van der Waals surface area (Å²) in [6, 6.07) is 3.60. The Hall–Kier alpha value is -1.22. The number of carbonyl (C=O) groups is 1. The Kier molecular flexibility index (Phi) is 3.97. The molecule has 0 aliphatic carbocycles. The molecule has 0 atom stereocenters. The second-order valence-corrected chi connectivity index (χ2v) is 3.69. The van der Waals surface area contributed by atoms with E-state index >= 15 is 0 Å². The van der Waals surface area contributed by atoms with Crippen molar-refractivity contribution in [3.8, 4) is 5.75 Å². The number of methoxy groups -OCH3 is 1. The van der Waals surface area contributed by atoms with Crippen LogP contribution < -0.4 is 4.74 Å². The largest absolute Gasteiger partial charge is 0.497 e. The summed E-state index contributed by atoms with van der Waals surface area (Å²) >= 11 is 6.06. The third-order valence-electron chi connectivity index (χ3n) is 2.15. The highest BCUT2D eigenvalue weighted by molar-refractivity contribution is 6.32. The maximum absolute atomic E-state index is 10.4. The lowest BCUT2D eigenvalue weighted by molar-refractivity contribution is -0.136. The van der Waals surface area contributed by atoms with Crippen LogP contribution in [0.5, 0.6) is 5.75 Å². The van der Waals surface area contributed by atoms with Crippen LogP contribution in [0.4, 0.5) is 0 Å². The number of hydrogen-bond acceptors (Lipinski definition) is 2. The average Bonchev–Trinajstić information content (AvgIpc) is 2.19. The Morgan fingerprint density at radius 3 is 2.73 bits per heavy atom. The van der Waals surface area contributed by atoms with Gasteiger partial charge in [-0.1, -0.05) is 11.6 Å². The normalized spacial score (nSPS) is 10.1. The van der Waals surface area contributed by atoms with Gasteiger partial charge in [0.2, 0.25) is 0 Å². The number of aryl methyl sites for hydroxylation is 2. The van der Waals surface area contributed by atoms with Crippen LogP contribution in [0.15, 0.2) is 12.1 Å². The molecule has 1 rings (SSSR count). The van der Waals surface area contributed by atoms with E-state index in [0.29, 0.717) is 17.2 Å². The van der Waals surface area contributed by atoms with E-state index in [2.05, 4.69) is 0 Å². The molecule has 0 saturated heterocycles. The molecule has 0 bridgehead atoms. The average molecular weight is 229 g/mol. The van der Waals surface area contributed by atoms with Gasteiger partial charge in [-0.2, -0.15) is 0 Å². The van der Waals surface area contributed by atoms with Gasteiger partial charge in [0, 0.05) is 11.4 Å². The highest BCUT2D eigenvalue weighted by atomic mass is 35.5. The number of hydrogen-bond donors (Lipinski definition) is 1. The summed E-state index contributed by atoms with van der Waals surface area (Å²) in [7, 11) is 1.57. The molecule has 0 heterocycles. The molecule has 3 nitrogen and oxygen atoms in total. The van der Waals surface area contributed by atoms with Crippen LogP contribution in [0.2, 0.25) is 5.02 Å². The second kappa shape index (κ2) is 5.03. The number of halogens is 1. The molecule has 0 spiro atoms. The van der Waals surface area contributed by atoms with Crippen LogP contribution in [0.25, 0.3) is 0 Å². The van der Waals surface area contributed by atoms with Crippen LogP contribution in [0, 0.1) is 6.92 Å². The molecule has 0 radical (unpaired) electrons. The first kappa shape index (κ1) is 11.9. The SMILES string of the molecule is COc1cc(C)c(Cl)c(CCC(=O)O)c1. The number of ether oxygens (including phenoxy) is 1. The minimum Gasteiger partial charge on any atom is -0.497 e. The monoisotopic (exact) mass is 228 g/mol. The molecule has 1 aromatic carbocycles. The first-order chi connectivity index (χ1) is 7.04. The fourth-order valence-corrected chi connectivity index (χ4v) is 1.55. The molecule has 82 valence electrons. The molecule has 1 N–H and O–H groups in total. The summed E-state index contributed by atoms with van der Waals surface area (Å²) in [5.41, 5.74) is 1.72. The van der Waals surface area contributed by atoms with Crippen LogP contribution in [0.3, 0.4) is 0 Å². The number of carboxylic acid groups (broad SMARTS) is 1. The van der Waals surface area contributed by atoms with E-state index in [1.54, 1.807) is 13.2 Å². The van der Waals surface area contributed by atoms with Gasteiger partial charge >= 0.3 is 5.97 Å². The molecule has 0 amide bonds. The summed E-state index contributed by atoms with van der Waals surface area (Å²) in [5, 5.41) is 9.21. The molecule has 15 heavy (non-hydrogen) atoms. The zero-order chi connectivity index (χ0) is 11.4. The van der Waals surface area contributed by atoms with Crippen molar-refractivity contribution < 1.29 is 14.6 Å². The Morgan fingerprint density at radius 2 is 2.20 bits per heavy atom. The van der Waals surface area contributed by atoms with Gasteiger partial charge < -0.3 is 9.84 Å². The van der Waals surface area contributed by atoms with Crippen molar-refractivity contribution in [3.05, 3.63) is 28.3 Å². The summed E-state index contributed by atoms with van der Waals surface area (Å²) in [6.07, 6.45) is 0.499. The van der Waals surface area contributed by atoms with E-state index in [1.807, 2.05) is 13.0 Å². The van der Waals surface area contributed by atoms with Crippen LogP contribution in [-0.2, 0) is 11.2 Å². The molecule has 0 unspecified atom stereocenters. The second-order valence-electron chi connectivity index (χ2n) is 3.31. The number of rotatable bonds is 4. The number of aliphatic carboxylic acids is 1. The maximum atomic E-state index is 10.4. The van der Waals surface area contributed by atoms with Crippen molar-refractivity contribution >= 4 is 17.6 Å². The van der Waals surface area contributed by atoms with E-state index in [-0.39, 0.29) is 6.42 Å². The van der Waals surface area contributed by atoms with Crippen molar-refractivity contribution in [2.45, 2.75) is 19.8 Å². The first-order valence-electron chi connectivity index (χ1n) is 4.59. The Balaban J connectivity index is 2.94. The molecule has 1 aromatic rings. The lowest BCUT2D eigenvalue weighted by atomic mass is 10.1. The first-order valence-corrected chi connectivity index (χ1v) is 4.97. The van der Waals surface area contributed by atoms with Crippen molar-refractivity contribution in [2.24, 2.45) is 0 Å². The van der Waals surface area contributed by atoms with Gasteiger partial charge in [-0.05, 0) is 36.6 Å². The molecule has 0 aromatic heterocycles. The topological polar surface area (TPSA) is 46.5 Å². The summed E-state index contributed by atoms with van der Waals surface area (Å²) in [4.78, 5) is 10.4. The predicted octanol–water partition coefficient (Wildman–Crippen LogP) is 2.67. The lowest BCUT2D eigenvalue weighted by Crippen LogP contribution is -1.99. The van der Waals surface area contributed by atoms with Gasteiger partial charge in [0.15, 0.2) is 0 Å². The third kappa shape index (κ3) is 3.13. The molecule has 0 aliphatic heterocycles. The minimum absolute atomic E-state index is 0.0757. The summed E-state index contributed by atoms with van der Waals surface area (Å²) < 4.78 is 5.09. The van der Waals surface area contributed by atoms with Gasteiger partial charge in [-0.3, -0.25) is 4.79 Å². The zero-order valence-corrected chi connectivity index (χ0v) is 9.47. The third-order valence-corrected chi connectivity index (χ3v) is 2.69. The summed E-state index contributed by atoms with van der Waals surface area (Å²) in [6.45, 7) is 1.87. The van der Waals surface area contributed by atoms with Crippen molar-refractivity contribution in [1.29, 1.82) is 0 Å². The molecular weight excluding hydrogens is 216 g/mol. The Morgan fingerprint density at radius 1 is 1.53 bits per heavy atom. The van der Waals surface area contributed by atoms with Crippen LogP contribution in [-0.4, -0.2) is 18.2 Å². The standard InChI is InChI=1S/C11H13ClO3/c1-7-5-9(15-2)6-8(11(7)12)3-4-10(13)14/h5-6H,3-4H2,1-2H3,(H,13,14). The number of carboxylic acids is 1. The van der Waals surface area contributed by atoms with Gasteiger partial charge in [0.25, 0.3) is 0 Å². The molecule has 4 heteroatoms.